The Kier molecular flexibility index (Phi) is 7.23. The molecule has 1 amide bonds. The monoisotopic (exact) mass is 192 g/mol. The van der Waals surface area contributed by atoms with Crippen LogP contribution in [0.3, 0.4) is 0 Å². The lowest BCUT2D eigenvalue weighted by atomic mass is 10.3. The molecule has 0 fully saturated rings. The van der Waals surface area contributed by atoms with Crippen LogP contribution < -0.4 is 11.3 Å². The first kappa shape index (κ1) is 11.7. The smallest absolute Gasteiger partial charge is 0.246 e. The Morgan fingerprint density at radius 2 is 2.42 bits per heavy atom. The van der Waals surface area contributed by atoms with Gasteiger partial charge in [-0.25, -0.2) is 5.84 Å². The number of carbonyl (C=O) groups excluding carboxylic acids is 1. The number of nitrogens with two attached hydrogens (primary N) is 1. The molecular weight excluding hydrogens is 176 g/mol. The van der Waals surface area contributed by atoms with Crippen molar-refractivity contribution in [3.8, 4) is 0 Å². The first-order chi connectivity index (χ1) is 5.76. The number of hydrogen-bond acceptors (Lipinski definition) is 4. The summed E-state index contributed by atoms with van der Waals surface area (Å²) in [6.45, 7) is 2.62. The number of nitrogens with one attached hydrogen (secondary N) is 1. The highest BCUT2D eigenvalue weighted by Gasteiger charge is 2.14. The van der Waals surface area contributed by atoms with Crippen LogP contribution in [0.25, 0.3) is 0 Å². The van der Waals surface area contributed by atoms with Crippen LogP contribution in [0.15, 0.2) is 0 Å². The van der Waals surface area contributed by atoms with Crippen molar-refractivity contribution in [2.45, 2.75) is 18.6 Å². The number of methoxy groups -OCH3 is 1. The molecular formula is C7H16N2O2S. The van der Waals surface area contributed by atoms with E-state index in [0.717, 1.165) is 12.2 Å². The minimum Gasteiger partial charge on any atom is -0.384 e. The van der Waals surface area contributed by atoms with Gasteiger partial charge in [0, 0.05) is 12.9 Å². The predicted molar refractivity (Wildman–Crippen MR) is 50.7 cm³/mol. The summed E-state index contributed by atoms with van der Waals surface area (Å²) in [6, 6.07) is 0. The van der Waals surface area contributed by atoms with E-state index in [1.807, 2.05) is 6.92 Å². The van der Waals surface area contributed by atoms with Gasteiger partial charge in [-0.15, -0.1) is 11.8 Å². The summed E-state index contributed by atoms with van der Waals surface area (Å²) >= 11 is 1.56. The Hall–Kier alpha value is -0.260. The predicted octanol–water partition coefficient (Wildman–Crippen LogP) is 0.135. The van der Waals surface area contributed by atoms with Crippen molar-refractivity contribution in [3.63, 3.8) is 0 Å². The Morgan fingerprint density at radius 3 is 2.83 bits per heavy atom. The van der Waals surface area contributed by atoms with E-state index >= 15 is 0 Å². The van der Waals surface area contributed by atoms with E-state index in [1.54, 1.807) is 18.9 Å². The Balaban J connectivity index is 3.60. The standard InChI is InChI=1S/C7H16N2O2S/c1-3-6(7(10)9-8)12-5-4-11-2/h6H,3-5,8H2,1-2H3,(H,9,10). The lowest BCUT2D eigenvalue weighted by Crippen LogP contribution is -2.37. The van der Waals surface area contributed by atoms with Gasteiger partial charge in [-0.05, 0) is 6.42 Å². The molecule has 0 saturated carbocycles. The van der Waals surface area contributed by atoms with Gasteiger partial charge in [0.2, 0.25) is 5.91 Å². The summed E-state index contributed by atoms with van der Waals surface area (Å²) in [7, 11) is 1.64. The number of hydrazine groups is 1. The normalized spacial score (nSPS) is 12.6. The zero-order chi connectivity index (χ0) is 9.40. The minimum absolute atomic E-state index is 0.0508. The van der Waals surface area contributed by atoms with Gasteiger partial charge in [-0.1, -0.05) is 6.92 Å². The minimum atomic E-state index is -0.112. The summed E-state index contributed by atoms with van der Waals surface area (Å²) < 4.78 is 4.87. The summed E-state index contributed by atoms with van der Waals surface area (Å²) in [6.07, 6.45) is 0.789. The van der Waals surface area contributed by atoms with Gasteiger partial charge in [0.05, 0.1) is 11.9 Å². The van der Waals surface area contributed by atoms with Crippen LogP contribution in [0.1, 0.15) is 13.3 Å². The molecule has 0 aromatic rings. The van der Waals surface area contributed by atoms with E-state index in [9.17, 15) is 4.79 Å². The molecule has 0 radical (unpaired) electrons. The van der Waals surface area contributed by atoms with Crippen LogP contribution in [0.5, 0.6) is 0 Å². The zero-order valence-corrected chi connectivity index (χ0v) is 8.32. The Morgan fingerprint density at radius 1 is 1.75 bits per heavy atom. The van der Waals surface area contributed by atoms with Crippen LogP contribution in [0.4, 0.5) is 0 Å². The highest BCUT2D eigenvalue weighted by atomic mass is 32.2. The van der Waals surface area contributed by atoms with E-state index in [1.165, 1.54) is 0 Å². The fourth-order valence-corrected chi connectivity index (χ4v) is 1.75. The molecule has 0 aromatic carbocycles. The van der Waals surface area contributed by atoms with Crippen molar-refractivity contribution in [1.29, 1.82) is 0 Å². The van der Waals surface area contributed by atoms with Crippen molar-refractivity contribution in [3.05, 3.63) is 0 Å². The second-order valence-corrected chi connectivity index (χ2v) is 3.58. The van der Waals surface area contributed by atoms with E-state index in [4.69, 9.17) is 10.6 Å². The van der Waals surface area contributed by atoms with Gasteiger partial charge in [0.15, 0.2) is 0 Å². The first-order valence-corrected chi connectivity index (χ1v) is 4.92. The molecule has 1 unspecified atom stereocenters. The van der Waals surface area contributed by atoms with Gasteiger partial charge in [0.1, 0.15) is 0 Å². The highest BCUT2D eigenvalue weighted by Crippen LogP contribution is 2.13. The zero-order valence-electron chi connectivity index (χ0n) is 7.50. The molecule has 0 spiro atoms. The third-order valence-corrected chi connectivity index (χ3v) is 2.76. The number of thioether (sulfide) groups is 1. The van der Waals surface area contributed by atoms with E-state index in [2.05, 4.69) is 5.43 Å². The largest absolute Gasteiger partial charge is 0.384 e. The molecule has 3 N–H and O–H groups in total. The number of amides is 1. The van der Waals surface area contributed by atoms with Gasteiger partial charge >= 0.3 is 0 Å². The second-order valence-electron chi connectivity index (χ2n) is 2.27. The number of rotatable bonds is 6. The lowest BCUT2D eigenvalue weighted by molar-refractivity contribution is -0.120. The maximum atomic E-state index is 11.0. The first-order valence-electron chi connectivity index (χ1n) is 3.87. The van der Waals surface area contributed by atoms with Crippen LogP contribution in [0.2, 0.25) is 0 Å². The molecule has 0 aliphatic heterocycles. The van der Waals surface area contributed by atoms with Crippen molar-refractivity contribution >= 4 is 17.7 Å². The molecule has 1 atom stereocenters. The summed E-state index contributed by atoms with van der Waals surface area (Å²) in [5, 5.41) is -0.0508. The molecule has 72 valence electrons. The molecule has 0 aliphatic carbocycles. The lowest BCUT2D eigenvalue weighted by Gasteiger charge is -2.11. The molecule has 0 aliphatic rings. The van der Waals surface area contributed by atoms with Gasteiger partial charge in [-0.3, -0.25) is 10.2 Å². The maximum Gasteiger partial charge on any atom is 0.246 e. The van der Waals surface area contributed by atoms with Gasteiger partial charge < -0.3 is 4.74 Å². The van der Waals surface area contributed by atoms with E-state index < -0.39 is 0 Å². The van der Waals surface area contributed by atoms with Crippen LogP contribution >= 0.6 is 11.8 Å². The third-order valence-electron chi connectivity index (χ3n) is 1.41. The third kappa shape index (κ3) is 4.58. The quantitative estimate of drug-likeness (QED) is 0.272. The van der Waals surface area contributed by atoms with Crippen molar-refractivity contribution in [1.82, 2.24) is 5.43 Å². The highest BCUT2D eigenvalue weighted by molar-refractivity contribution is 8.00. The molecule has 5 heteroatoms. The Labute approximate surface area is 77.2 Å². The summed E-state index contributed by atoms with van der Waals surface area (Å²) in [4.78, 5) is 11.0. The summed E-state index contributed by atoms with van der Waals surface area (Å²) in [5.74, 6) is 5.72. The summed E-state index contributed by atoms with van der Waals surface area (Å²) in [5.41, 5.74) is 2.14. The molecule has 0 heterocycles. The Bertz CT molecular complexity index is 133. The van der Waals surface area contributed by atoms with E-state index in [0.29, 0.717) is 6.61 Å². The fourth-order valence-electron chi connectivity index (χ4n) is 0.746. The number of carbonyl (C=O) groups is 1. The van der Waals surface area contributed by atoms with E-state index in [-0.39, 0.29) is 11.2 Å². The van der Waals surface area contributed by atoms with Gasteiger partial charge in [-0.2, -0.15) is 0 Å². The number of ether oxygens (including phenoxy) is 1. The molecule has 0 aromatic heterocycles. The van der Waals surface area contributed by atoms with Crippen molar-refractivity contribution in [2.75, 3.05) is 19.5 Å². The SMILES string of the molecule is CCC(SCCOC)C(=O)NN. The van der Waals surface area contributed by atoms with Crippen LogP contribution in [-0.4, -0.2) is 30.6 Å². The average molecular weight is 192 g/mol. The maximum absolute atomic E-state index is 11.0. The average Bonchev–Trinajstić information content (AvgIpc) is 2.11. The topological polar surface area (TPSA) is 64.3 Å². The van der Waals surface area contributed by atoms with Gasteiger partial charge in [0.25, 0.3) is 0 Å². The fraction of sp³-hybridized carbons (Fsp3) is 0.857. The molecule has 0 saturated heterocycles. The molecule has 4 nitrogen and oxygen atoms in total. The van der Waals surface area contributed by atoms with Crippen molar-refractivity contribution < 1.29 is 9.53 Å². The molecule has 0 bridgehead atoms. The molecule has 0 rings (SSSR count). The van der Waals surface area contributed by atoms with Crippen molar-refractivity contribution in [2.24, 2.45) is 5.84 Å². The van der Waals surface area contributed by atoms with Crippen LogP contribution in [0, 0.1) is 0 Å². The second kappa shape index (κ2) is 7.39. The number of hydrogen-bond donors (Lipinski definition) is 2. The van der Waals surface area contributed by atoms with Crippen LogP contribution in [-0.2, 0) is 9.53 Å². The molecule has 12 heavy (non-hydrogen) atoms.